The molecule has 0 amide bonds. The molecule has 0 atom stereocenters. The summed E-state index contributed by atoms with van der Waals surface area (Å²) in [6.45, 7) is 8.16. The number of nitrogens with zero attached hydrogens (tertiary/aromatic N) is 1. The van der Waals surface area contributed by atoms with E-state index in [1.807, 2.05) is 12.1 Å². The predicted molar refractivity (Wildman–Crippen MR) is 81.6 cm³/mol. The maximum Gasteiger partial charge on any atom is 0.239 e. The molecule has 1 aromatic rings. The zero-order valence-corrected chi connectivity index (χ0v) is 12.4. The minimum absolute atomic E-state index is 0.536. The highest BCUT2D eigenvalue weighted by Gasteiger charge is 2.03. The van der Waals surface area contributed by atoms with Crippen LogP contribution in [0.15, 0.2) is 12.1 Å². The second kappa shape index (κ2) is 8.62. The lowest BCUT2D eigenvalue weighted by Crippen LogP contribution is -2.07. The highest BCUT2D eigenvalue weighted by Crippen LogP contribution is 2.21. The molecule has 0 fully saturated rings. The zero-order chi connectivity index (χ0) is 14.1. The van der Waals surface area contributed by atoms with Crippen molar-refractivity contribution in [1.82, 2.24) is 4.98 Å². The summed E-state index contributed by atoms with van der Waals surface area (Å²) in [6, 6.07) is 3.74. The molecule has 0 spiro atoms. The molecule has 4 heteroatoms. The van der Waals surface area contributed by atoms with Crippen molar-refractivity contribution in [3.05, 3.63) is 12.1 Å². The molecule has 0 aliphatic heterocycles. The Morgan fingerprint density at radius 1 is 1.32 bits per heavy atom. The Morgan fingerprint density at radius 3 is 2.79 bits per heavy atom. The van der Waals surface area contributed by atoms with Crippen molar-refractivity contribution in [3.63, 3.8) is 0 Å². The maximum atomic E-state index is 5.82. The lowest BCUT2D eigenvalue weighted by Gasteiger charge is -2.10. The van der Waals surface area contributed by atoms with Crippen molar-refractivity contribution in [3.8, 4) is 5.88 Å². The normalized spacial score (nSPS) is 10.7. The van der Waals surface area contributed by atoms with Gasteiger partial charge in [0.05, 0.1) is 12.3 Å². The van der Waals surface area contributed by atoms with Crippen LogP contribution in [0.1, 0.15) is 46.5 Å². The summed E-state index contributed by atoms with van der Waals surface area (Å²) >= 11 is 0. The highest BCUT2D eigenvalue weighted by atomic mass is 16.5. The minimum atomic E-state index is 0.536. The molecule has 0 radical (unpaired) electrons. The van der Waals surface area contributed by atoms with Crippen LogP contribution in [0.3, 0.4) is 0 Å². The largest absolute Gasteiger partial charge is 0.476 e. The number of unbranched alkanes of at least 4 members (excludes halogenated alkanes) is 1. The fourth-order valence-corrected chi connectivity index (χ4v) is 1.76. The van der Waals surface area contributed by atoms with Crippen molar-refractivity contribution in [2.75, 3.05) is 24.2 Å². The molecule has 0 bridgehead atoms. The number of nitrogen functional groups attached to an aromatic ring is 1. The van der Waals surface area contributed by atoms with Crippen molar-refractivity contribution >= 4 is 11.5 Å². The standard InChI is InChI=1S/C15H27N3O/c1-4-11-19-15-13(16)8-9-14(18-15)17-10-6-5-7-12(2)3/h8-9,12H,4-7,10-11,16H2,1-3H3,(H,17,18). The highest BCUT2D eigenvalue weighted by molar-refractivity contribution is 5.53. The molecule has 0 aliphatic rings. The summed E-state index contributed by atoms with van der Waals surface area (Å²) in [6.07, 6.45) is 4.64. The minimum Gasteiger partial charge on any atom is -0.476 e. The lowest BCUT2D eigenvalue weighted by molar-refractivity contribution is 0.307. The molecule has 1 rings (SSSR count). The van der Waals surface area contributed by atoms with E-state index in [9.17, 15) is 0 Å². The van der Waals surface area contributed by atoms with Gasteiger partial charge < -0.3 is 15.8 Å². The summed E-state index contributed by atoms with van der Waals surface area (Å²) < 4.78 is 5.51. The fraction of sp³-hybridized carbons (Fsp3) is 0.667. The van der Waals surface area contributed by atoms with Gasteiger partial charge in [0.25, 0.3) is 0 Å². The van der Waals surface area contributed by atoms with Gasteiger partial charge in [-0.2, -0.15) is 4.98 Å². The Labute approximate surface area is 116 Å². The van der Waals surface area contributed by atoms with Crippen molar-refractivity contribution in [2.24, 2.45) is 5.92 Å². The lowest BCUT2D eigenvalue weighted by atomic mass is 10.1. The third-order valence-corrected chi connectivity index (χ3v) is 2.85. The number of nitrogens with one attached hydrogen (secondary N) is 1. The molecule has 1 heterocycles. The van der Waals surface area contributed by atoms with E-state index in [1.54, 1.807) is 0 Å². The van der Waals surface area contributed by atoms with E-state index in [0.29, 0.717) is 18.2 Å². The molecular formula is C15H27N3O. The number of hydrogen-bond acceptors (Lipinski definition) is 4. The van der Waals surface area contributed by atoms with Gasteiger partial charge in [0, 0.05) is 6.54 Å². The summed E-state index contributed by atoms with van der Waals surface area (Å²) in [5.41, 5.74) is 6.42. The van der Waals surface area contributed by atoms with Gasteiger partial charge in [0.1, 0.15) is 5.82 Å². The SMILES string of the molecule is CCCOc1nc(NCCCCC(C)C)ccc1N. The smallest absolute Gasteiger partial charge is 0.239 e. The number of pyridine rings is 1. The monoisotopic (exact) mass is 265 g/mol. The van der Waals surface area contributed by atoms with Crippen LogP contribution in [0.4, 0.5) is 11.5 Å². The molecule has 0 unspecified atom stereocenters. The molecule has 19 heavy (non-hydrogen) atoms. The number of ether oxygens (including phenoxy) is 1. The van der Waals surface area contributed by atoms with Gasteiger partial charge in [-0.05, 0) is 30.9 Å². The van der Waals surface area contributed by atoms with Crippen LogP contribution in [-0.4, -0.2) is 18.1 Å². The molecule has 0 aromatic carbocycles. The first-order chi connectivity index (χ1) is 9.13. The van der Waals surface area contributed by atoms with E-state index in [2.05, 4.69) is 31.1 Å². The van der Waals surface area contributed by atoms with Gasteiger partial charge in [-0.1, -0.05) is 33.6 Å². The van der Waals surface area contributed by atoms with Crippen LogP contribution >= 0.6 is 0 Å². The van der Waals surface area contributed by atoms with Crippen molar-refractivity contribution < 1.29 is 4.74 Å². The molecule has 1 aromatic heterocycles. The first-order valence-electron chi connectivity index (χ1n) is 7.26. The number of anilines is 2. The van der Waals surface area contributed by atoms with Gasteiger partial charge in [-0.3, -0.25) is 0 Å². The number of rotatable bonds is 9. The van der Waals surface area contributed by atoms with Crippen molar-refractivity contribution in [2.45, 2.75) is 46.5 Å². The summed E-state index contributed by atoms with van der Waals surface area (Å²) in [5, 5.41) is 3.32. The third kappa shape index (κ3) is 6.32. The van der Waals surface area contributed by atoms with E-state index in [1.165, 1.54) is 12.8 Å². The summed E-state index contributed by atoms with van der Waals surface area (Å²) in [4.78, 5) is 4.38. The number of nitrogens with two attached hydrogens (primary N) is 1. The first kappa shape index (κ1) is 15.6. The van der Waals surface area contributed by atoms with Crippen LogP contribution in [-0.2, 0) is 0 Å². The van der Waals surface area contributed by atoms with Crippen LogP contribution < -0.4 is 15.8 Å². The molecule has 4 nitrogen and oxygen atoms in total. The summed E-state index contributed by atoms with van der Waals surface area (Å²) in [7, 11) is 0. The Kier molecular flexibility index (Phi) is 7.08. The maximum absolute atomic E-state index is 5.82. The number of hydrogen-bond donors (Lipinski definition) is 2. The molecule has 108 valence electrons. The Balaban J connectivity index is 2.37. The fourth-order valence-electron chi connectivity index (χ4n) is 1.76. The Bertz CT molecular complexity index is 366. The van der Waals surface area contributed by atoms with E-state index in [0.717, 1.165) is 31.1 Å². The second-order valence-corrected chi connectivity index (χ2v) is 5.26. The van der Waals surface area contributed by atoms with Gasteiger partial charge >= 0.3 is 0 Å². The molecular weight excluding hydrogens is 238 g/mol. The van der Waals surface area contributed by atoms with E-state index >= 15 is 0 Å². The van der Waals surface area contributed by atoms with Gasteiger partial charge in [0.15, 0.2) is 0 Å². The van der Waals surface area contributed by atoms with E-state index in [4.69, 9.17) is 10.5 Å². The summed E-state index contributed by atoms with van der Waals surface area (Å²) in [5.74, 6) is 2.16. The quantitative estimate of drug-likeness (QED) is 0.668. The average Bonchev–Trinajstić information content (AvgIpc) is 2.38. The average molecular weight is 265 g/mol. The second-order valence-electron chi connectivity index (χ2n) is 5.26. The van der Waals surface area contributed by atoms with Gasteiger partial charge in [0.2, 0.25) is 5.88 Å². The zero-order valence-electron chi connectivity index (χ0n) is 12.4. The molecule has 0 saturated carbocycles. The predicted octanol–water partition coefficient (Wildman–Crippen LogP) is 3.69. The van der Waals surface area contributed by atoms with Gasteiger partial charge in [-0.15, -0.1) is 0 Å². The number of aromatic nitrogens is 1. The van der Waals surface area contributed by atoms with E-state index < -0.39 is 0 Å². The van der Waals surface area contributed by atoms with Crippen molar-refractivity contribution in [1.29, 1.82) is 0 Å². The first-order valence-corrected chi connectivity index (χ1v) is 7.26. The molecule has 3 N–H and O–H groups in total. The Hall–Kier alpha value is -1.45. The topological polar surface area (TPSA) is 60.2 Å². The van der Waals surface area contributed by atoms with Crippen LogP contribution in [0.25, 0.3) is 0 Å². The van der Waals surface area contributed by atoms with Crippen LogP contribution in [0.5, 0.6) is 5.88 Å². The Morgan fingerprint density at radius 2 is 2.11 bits per heavy atom. The van der Waals surface area contributed by atoms with Crippen LogP contribution in [0, 0.1) is 5.92 Å². The van der Waals surface area contributed by atoms with Gasteiger partial charge in [-0.25, -0.2) is 0 Å². The third-order valence-electron chi connectivity index (χ3n) is 2.85. The van der Waals surface area contributed by atoms with Crippen LogP contribution in [0.2, 0.25) is 0 Å². The molecule has 0 saturated heterocycles. The van der Waals surface area contributed by atoms with E-state index in [-0.39, 0.29) is 0 Å². The molecule has 0 aliphatic carbocycles.